The SMILES string of the molecule is Cc1cc(C(C#N)c2ccc(Cl)cc2)c(Cl)cc1Nc1ncnc(Nc2ccc(Cl)cn2)c1[N+](=O)[O-]. The van der Waals surface area contributed by atoms with Crippen LogP contribution in [0.5, 0.6) is 0 Å². The minimum absolute atomic E-state index is 0.0482. The third-order valence-electron chi connectivity index (χ3n) is 5.22. The Morgan fingerprint density at radius 3 is 2.25 bits per heavy atom. The molecule has 0 aliphatic carbocycles. The number of halogens is 3. The van der Waals surface area contributed by atoms with Crippen LogP contribution in [-0.4, -0.2) is 19.9 Å². The number of anilines is 4. The normalized spacial score (nSPS) is 11.4. The van der Waals surface area contributed by atoms with Crippen LogP contribution in [0.15, 0.2) is 61.1 Å². The van der Waals surface area contributed by atoms with Crippen molar-refractivity contribution < 1.29 is 4.92 Å². The predicted octanol–water partition coefficient (Wildman–Crippen LogP) is 7.19. The molecule has 36 heavy (non-hydrogen) atoms. The summed E-state index contributed by atoms with van der Waals surface area (Å²) < 4.78 is 0. The van der Waals surface area contributed by atoms with Gasteiger partial charge >= 0.3 is 5.69 Å². The van der Waals surface area contributed by atoms with E-state index in [2.05, 4.69) is 31.7 Å². The number of aromatic nitrogens is 3. The lowest BCUT2D eigenvalue weighted by atomic mass is 9.91. The molecular weight excluding hydrogens is 525 g/mol. The maximum atomic E-state index is 11.9. The molecule has 9 nitrogen and oxygen atoms in total. The van der Waals surface area contributed by atoms with Crippen LogP contribution >= 0.6 is 34.8 Å². The summed E-state index contributed by atoms with van der Waals surface area (Å²) in [6.45, 7) is 1.79. The number of nitrogens with one attached hydrogen (secondary N) is 2. The summed E-state index contributed by atoms with van der Waals surface area (Å²) >= 11 is 18.4. The molecule has 0 aliphatic heterocycles. The van der Waals surface area contributed by atoms with Crippen molar-refractivity contribution in [2.45, 2.75) is 12.8 Å². The zero-order chi connectivity index (χ0) is 25.8. The molecule has 0 spiro atoms. The van der Waals surface area contributed by atoms with Crippen molar-refractivity contribution in [3.63, 3.8) is 0 Å². The molecule has 2 N–H and O–H groups in total. The van der Waals surface area contributed by atoms with E-state index >= 15 is 0 Å². The fourth-order valence-corrected chi connectivity index (χ4v) is 3.98. The molecule has 0 radical (unpaired) electrons. The van der Waals surface area contributed by atoms with Crippen LogP contribution < -0.4 is 10.6 Å². The summed E-state index contributed by atoms with van der Waals surface area (Å²) in [4.78, 5) is 23.5. The lowest BCUT2D eigenvalue weighted by Crippen LogP contribution is -2.07. The smallest absolute Gasteiger partial charge is 0.334 e. The Labute approximate surface area is 220 Å². The van der Waals surface area contributed by atoms with E-state index < -0.39 is 10.8 Å². The number of aryl methyl sites for hydroxylation is 1. The molecule has 0 saturated heterocycles. The number of rotatable bonds is 7. The first-order chi connectivity index (χ1) is 17.3. The standard InChI is InChI=1S/C24H16Cl3N7O2/c1-13-8-17(18(10-28)14-2-4-15(25)5-3-14)19(27)9-20(13)32-23-22(34(35)36)24(31-12-30-23)33-21-7-6-16(26)11-29-21/h2-9,11-12,18H,1H3,(H2,29,30,31,32,33). The van der Waals surface area contributed by atoms with Gasteiger partial charge in [0.15, 0.2) is 0 Å². The Morgan fingerprint density at radius 2 is 1.64 bits per heavy atom. The van der Waals surface area contributed by atoms with Crippen molar-refractivity contribution in [2.75, 3.05) is 10.6 Å². The third-order valence-corrected chi connectivity index (χ3v) is 6.02. The van der Waals surface area contributed by atoms with Crippen LogP contribution in [0.25, 0.3) is 0 Å². The number of nitro groups is 1. The van der Waals surface area contributed by atoms with Crippen LogP contribution in [0.2, 0.25) is 15.1 Å². The van der Waals surface area contributed by atoms with Crippen LogP contribution in [0.1, 0.15) is 22.6 Å². The monoisotopic (exact) mass is 539 g/mol. The van der Waals surface area contributed by atoms with Crippen molar-refractivity contribution in [1.82, 2.24) is 15.0 Å². The molecule has 0 fully saturated rings. The van der Waals surface area contributed by atoms with Gasteiger partial charge < -0.3 is 10.6 Å². The van der Waals surface area contributed by atoms with Gasteiger partial charge in [-0.3, -0.25) is 10.1 Å². The third kappa shape index (κ3) is 5.47. The second-order valence-electron chi connectivity index (χ2n) is 7.59. The number of pyridine rings is 1. The quantitative estimate of drug-likeness (QED) is 0.186. The van der Waals surface area contributed by atoms with Gasteiger partial charge in [-0.2, -0.15) is 5.26 Å². The molecule has 4 aromatic rings. The van der Waals surface area contributed by atoms with Crippen molar-refractivity contribution in [3.8, 4) is 6.07 Å². The topological polar surface area (TPSA) is 130 Å². The fourth-order valence-electron chi connectivity index (χ4n) is 3.47. The summed E-state index contributed by atoms with van der Waals surface area (Å²) in [5.74, 6) is -0.410. The lowest BCUT2D eigenvalue weighted by molar-refractivity contribution is -0.383. The van der Waals surface area contributed by atoms with Gasteiger partial charge in [-0.15, -0.1) is 0 Å². The second-order valence-corrected chi connectivity index (χ2v) is 8.87. The summed E-state index contributed by atoms with van der Waals surface area (Å²) in [5.41, 5.74) is 2.13. The Hall–Kier alpha value is -3.97. The summed E-state index contributed by atoms with van der Waals surface area (Å²) in [7, 11) is 0. The van der Waals surface area contributed by atoms with Gasteiger partial charge in [0, 0.05) is 21.9 Å². The first-order valence-corrected chi connectivity index (χ1v) is 11.5. The van der Waals surface area contributed by atoms with Gasteiger partial charge in [0.25, 0.3) is 0 Å². The summed E-state index contributed by atoms with van der Waals surface area (Å²) in [5, 5.41) is 28.8. The van der Waals surface area contributed by atoms with E-state index in [0.29, 0.717) is 37.7 Å². The van der Waals surface area contributed by atoms with Crippen molar-refractivity contribution in [3.05, 3.63) is 103 Å². The molecule has 0 bridgehead atoms. The summed E-state index contributed by atoms with van der Waals surface area (Å²) in [6.07, 6.45) is 2.59. The van der Waals surface area contributed by atoms with Crippen LogP contribution in [0.4, 0.5) is 28.8 Å². The van der Waals surface area contributed by atoms with Gasteiger partial charge in [-0.05, 0) is 53.9 Å². The second kappa shape index (κ2) is 10.7. The van der Waals surface area contributed by atoms with Gasteiger partial charge in [0.05, 0.1) is 21.9 Å². The molecule has 12 heteroatoms. The number of hydrogen-bond acceptors (Lipinski definition) is 8. The number of nitrogens with zero attached hydrogens (tertiary/aromatic N) is 5. The molecule has 0 saturated carbocycles. The fraction of sp³-hybridized carbons (Fsp3) is 0.0833. The van der Waals surface area contributed by atoms with Crippen molar-refractivity contribution >= 4 is 63.6 Å². The molecule has 1 atom stereocenters. The zero-order valence-corrected chi connectivity index (χ0v) is 20.8. The average molecular weight is 541 g/mol. The van der Waals surface area contributed by atoms with E-state index in [1.165, 1.54) is 12.5 Å². The van der Waals surface area contributed by atoms with E-state index in [-0.39, 0.29) is 17.3 Å². The maximum Gasteiger partial charge on any atom is 0.353 e. The molecule has 0 aliphatic rings. The van der Waals surface area contributed by atoms with Gasteiger partial charge in [-0.25, -0.2) is 15.0 Å². The van der Waals surface area contributed by atoms with Crippen LogP contribution in [0.3, 0.4) is 0 Å². The van der Waals surface area contributed by atoms with Gasteiger partial charge in [0.1, 0.15) is 12.1 Å². The molecule has 2 aromatic heterocycles. The Bertz CT molecular complexity index is 1470. The average Bonchev–Trinajstić information content (AvgIpc) is 2.85. The van der Waals surface area contributed by atoms with E-state index in [0.717, 1.165) is 5.56 Å². The molecular formula is C24H16Cl3N7O2. The maximum absolute atomic E-state index is 11.9. The minimum Gasteiger partial charge on any atom is -0.334 e. The number of nitriles is 1. The van der Waals surface area contributed by atoms with E-state index in [1.807, 2.05) is 0 Å². The Kier molecular flexibility index (Phi) is 7.50. The highest BCUT2D eigenvalue weighted by Gasteiger charge is 2.25. The Balaban J connectivity index is 1.68. The van der Waals surface area contributed by atoms with Crippen molar-refractivity contribution in [1.29, 1.82) is 5.26 Å². The van der Waals surface area contributed by atoms with Gasteiger partial charge in [-0.1, -0.05) is 53.0 Å². The van der Waals surface area contributed by atoms with Crippen molar-refractivity contribution in [2.24, 2.45) is 0 Å². The first-order valence-electron chi connectivity index (χ1n) is 10.4. The predicted molar refractivity (Wildman–Crippen MR) is 140 cm³/mol. The van der Waals surface area contributed by atoms with E-state index in [1.54, 1.807) is 55.5 Å². The molecule has 2 heterocycles. The number of benzene rings is 2. The molecule has 1 unspecified atom stereocenters. The van der Waals surface area contributed by atoms with E-state index in [9.17, 15) is 15.4 Å². The zero-order valence-electron chi connectivity index (χ0n) is 18.5. The highest BCUT2D eigenvalue weighted by atomic mass is 35.5. The minimum atomic E-state index is -0.626. The molecule has 4 rings (SSSR count). The van der Waals surface area contributed by atoms with Crippen LogP contribution in [-0.2, 0) is 0 Å². The van der Waals surface area contributed by atoms with Gasteiger partial charge in [0.2, 0.25) is 11.6 Å². The first kappa shape index (κ1) is 25.1. The highest BCUT2D eigenvalue weighted by molar-refractivity contribution is 6.32. The summed E-state index contributed by atoms with van der Waals surface area (Å²) in [6, 6.07) is 15.7. The van der Waals surface area contributed by atoms with E-state index in [4.69, 9.17) is 34.8 Å². The Morgan fingerprint density at radius 1 is 0.972 bits per heavy atom. The number of hydrogen-bond donors (Lipinski definition) is 2. The highest BCUT2D eigenvalue weighted by Crippen LogP contribution is 2.37. The lowest BCUT2D eigenvalue weighted by Gasteiger charge is -2.16. The van der Waals surface area contributed by atoms with Crippen LogP contribution in [0, 0.1) is 28.4 Å². The largest absolute Gasteiger partial charge is 0.353 e. The molecule has 2 aromatic carbocycles. The molecule has 0 amide bonds. The molecule has 180 valence electrons.